The third-order valence-electron chi connectivity index (χ3n) is 5.96. The van der Waals surface area contributed by atoms with E-state index in [0.29, 0.717) is 5.92 Å². The molecule has 2 aromatic rings. The van der Waals surface area contributed by atoms with Crippen molar-refractivity contribution < 1.29 is 19.4 Å². The van der Waals surface area contributed by atoms with E-state index >= 15 is 0 Å². The molecule has 2 fully saturated rings. The number of aromatic nitrogens is 3. The summed E-state index contributed by atoms with van der Waals surface area (Å²) in [4.78, 5) is 25.7. The van der Waals surface area contributed by atoms with Crippen molar-refractivity contribution in [2.45, 2.75) is 57.0 Å². The fourth-order valence-electron chi connectivity index (χ4n) is 4.29. The van der Waals surface area contributed by atoms with Gasteiger partial charge >= 0.3 is 5.97 Å². The molecule has 2 N–H and O–H groups in total. The largest absolute Gasteiger partial charge is 0.476 e. The molecule has 4 rings (SSSR count). The average Bonchev–Trinajstić information content (AvgIpc) is 3.23. The second kappa shape index (κ2) is 8.63. The molecule has 0 unspecified atom stereocenters. The highest BCUT2D eigenvalue weighted by molar-refractivity contribution is 5.94. The SMILES string of the molecule is O=C(O)c1[nH]nnc1OC1CCC(c2ccc(C(=O)N3CCCCC3)cc2)CC1. The predicted octanol–water partition coefficient (Wildman–Crippen LogP) is 3.23. The Balaban J connectivity index is 1.32. The number of amides is 1. The molecule has 2 heterocycles. The van der Waals surface area contributed by atoms with Gasteiger partial charge in [-0.25, -0.2) is 9.89 Å². The van der Waals surface area contributed by atoms with Crippen molar-refractivity contribution in [3.8, 4) is 5.88 Å². The van der Waals surface area contributed by atoms with Crippen LogP contribution in [0.5, 0.6) is 5.88 Å². The van der Waals surface area contributed by atoms with Crippen molar-refractivity contribution in [3.05, 3.63) is 41.1 Å². The summed E-state index contributed by atoms with van der Waals surface area (Å²) in [5, 5.41) is 18.7. The number of aromatic carboxylic acids is 1. The average molecular weight is 398 g/mol. The standard InChI is InChI=1S/C21H26N4O4/c26-20(25-12-2-1-3-13-25)16-6-4-14(5-7-16)15-8-10-17(11-9-15)29-19-18(21(27)28)22-24-23-19/h4-7,15,17H,1-3,8-13H2,(H,27,28)(H,22,23,24). The zero-order chi connectivity index (χ0) is 20.2. The number of hydrogen-bond donors (Lipinski definition) is 2. The van der Waals surface area contributed by atoms with E-state index in [9.17, 15) is 9.59 Å². The van der Waals surface area contributed by atoms with E-state index in [4.69, 9.17) is 9.84 Å². The first-order chi connectivity index (χ1) is 14.1. The number of carbonyl (C=O) groups is 2. The zero-order valence-corrected chi connectivity index (χ0v) is 16.3. The Morgan fingerprint density at radius 3 is 2.38 bits per heavy atom. The number of carbonyl (C=O) groups excluding carboxylic acids is 1. The predicted molar refractivity (Wildman–Crippen MR) is 105 cm³/mol. The minimum absolute atomic E-state index is 0.0570. The topological polar surface area (TPSA) is 108 Å². The van der Waals surface area contributed by atoms with Gasteiger partial charge in [-0.05, 0) is 68.6 Å². The molecule has 0 spiro atoms. The first kappa shape index (κ1) is 19.4. The zero-order valence-electron chi connectivity index (χ0n) is 16.3. The lowest BCUT2D eigenvalue weighted by Crippen LogP contribution is -2.35. The van der Waals surface area contributed by atoms with Crippen LogP contribution >= 0.6 is 0 Å². The molecule has 1 saturated heterocycles. The summed E-state index contributed by atoms with van der Waals surface area (Å²) in [6.45, 7) is 1.72. The van der Waals surface area contributed by atoms with Gasteiger partial charge in [-0.2, -0.15) is 0 Å². The summed E-state index contributed by atoms with van der Waals surface area (Å²) in [7, 11) is 0. The van der Waals surface area contributed by atoms with Crippen molar-refractivity contribution in [1.29, 1.82) is 0 Å². The second-order valence-corrected chi connectivity index (χ2v) is 7.86. The number of aromatic amines is 1. The molecule has 1 aromatic carbocycles. The number of ether oxygens (including phenoxy) is 1. The van der Waals surface area contributed by atoms with Crippen molar-refractivity contribution in [1.82, 2.24) is 20.3 Å². The summed E-state index contributed by atoms with van der Waals surface area (Å²) < 4.78 is 5.75. The van der Waals surface area contributed by atoms with Gasteiger partial charge in [0, 0.05) is 18.7 Å². The fourth-order valence-corrected chi connectivity index (χ4v) is 4.29. The first-order valence-corrected chi connectivity index (χ1v) is 10.3. The van der Waals surface area contributed by atoms with Crippen LogP contribution in [0.1, 0.15) is 77.3 Å². The van der Waals surface area contributed by atoms with Crippen LogP contribution in [-0.2, 0) is 0 Å². The van der Waals surface area contributed by atoms with Gasteiger partial charge in [0.05, 0.1) is 0 Å². The van der Waals surface area contributed by atoms with Gasteiger partial charge in [0.2, 0.25) is 5.69 Å². The van der Waals surface area contributed by atoms with Crippen molar-refractivity contribution in [3.63, 3.8) is 0 Å². The number of carboxylic acid groups (broad SMARTS) is 1. The number of H-pyrrole nitrogens is 1. The lowest BCUT2D eigenvalue weighted by molar-refractivity contribution is 0.0676. The van der Waals surface area contributed by atoms with Gasteiger partial charge < -0.3 is 14.7 Å². The number of likely N-dealkylation sites (tertiary alicyclic amines) is 1. The van der Waals surface area contributed by atoms with E-state index in [0.717, 1.165) is 57.2 Å². The van der Waals surface area contributed by atoms with Crippen LogP contribution in [0.2, 0.25) is 0 Å². The number of carboxylic acids is 1. The first-order valence-electron chi connectivity index (χ1n) is 10.3. The molecule has 1 saturated carbocycles. The van der Waals surface area contributed by atoms with Crippen LogP contribution in [0.25, 0.3) is 0 Å². The fraction of sp³-hybridized carbons (Fsp3) is 0.524. The van der Waals surface area contributed by atoms with E-state index in [1.165, 1.54) is 12.0 Å². The van der Waals surface area contributed by atoms with Crippen LogP contribution in [-0.4, -0.2) is 56.5 Å². The van der Waals surface area contributed by atoms with Gasteiger partial charge in [-0.1, -0.05) is 22.4 Å². The third-order valence-corrected chi connectivity index (χ3v) is 5.96. The van der Waals surface area contributed by atoms with Crippen LogP contribution < -0.4 is 4.74 Å². The minimum Gasteiger partial charge on any atom is -0.476 e. The Labute approximate surface area is 169 Å². The molecule has 1 aliphatic carbocycles. The number of rotatable bonds is 5. The maximum atomic E-state index is 12.6. The van der Waals surface area contributed by atoms with E-state index in [1.54, 1.807) is 0 Å². The van der Waals surface area contributed by atoms with Gasteiger partial charge in [0.15, 0.2) is 0 Å². The minimum atomic E-state index is -1.13. The van der Waals surface area contributed by atoms with Crippen molar-refractivity contribution >= 4 is 11.9 Å². The smallest absolute Gasteiger partial charge is 0.359 e. The Bertz CT molecular complexity index is 850. The quantitative estimate of drug-likeness (QED) is 0.800. The molecular weight excluding hydrogens is 372 g/mol. The molecule has 1 aromatic heterocycles. The van der Waals surface area contributed by atoms with Crippen LogP contribution in [0.3, 0.4) is 0 Å². The monoisotopic (exact) mass is 398 g/mol. The van der Waals surface area contributed by atoms with E-state index in [1.807, 2.05) is 17.0 Å². The van der Waals surface area contributed by atoms with Crippen LogP contribution in [0.15, 0.2) is 24.3 Å². The van der Waals surface area contributed by atoms with Gasteiger partial charge in [-0.3, -0.25) is 4.79 Å². The molecule has 1 amide bonds. The number of nitrogens with zero attached hydrogens (tertiary/aromatic N) is 3. The summed E-state index contributed by atoms with van der Waals surface area (Å²) in [5.74, 6) is -0.514. The van der Waals surface area contributed by atoms with Crippen molar-refractivity contribution in [2.75, 3.05) is 13.1 Å². The lowest BCUT2D eigenvalue weighted by atomic mass is 9.82. The van der Waals surface area contributed by atoms with Crippen molar-refractivity contribution in [2.24, 2.45) is 0 Å². The highest BCUT2D eigenvalue weighted by Crippen LogP contribution is 2.34. The van der Waals surface area contributed by atoms with Crippen LogP contribution in [0, 0.1) is 0 Å². The maximum absolute atomic E-state index is 12.6. The highest BCUT2D eigenvalue weighted by atomic mass is 16.5. The van der Waals surface area contributed by atoms with Crippen LogP contribution in [0.4, 0.5) is 0 Å². The van der Waals surface area contributed by atoms with E-state index < -0.39 is 5.97 Å². The molecule has 0 radical (unpaired) electrons. The number of piperidine rings is 1. The lowest BCUT2D eigenvalue weighted by Gasteiger charge is -2.29. The molecule has 1 aliphatic heterocycles. The Morgan fingerprint density at radius 1 is 1.03 bits per heavy atom. The summed E-state index contributed by atoms with van der Waals surface area (Å²) in [6, 6.07) is 8.04. The summed E-state index contributed by atoms with van der Waals surface area (Å²) in [6.07, 6.45) is 6.89. The Kier molecular flexibility index (Phi) is 5.78. The Hall–Kier alpha value is -2.90. The van der Waals surface area contributed by atoms with Gasteiger partial charge in [-0.15, -0.1) is 0 Å². The molecule has 29 heavy (non-hydrogen) atoms. The molecule has 8 nitrogen and oxygen atoms in total. The summed E-state index contributed by atoms with van der Waals surface area (Å²) in [5.41, 5.74) is 1.90. The van der Waals surface area contributed by atoms with Gasteiger partial charge in [0.25, 0.3) is 11.8 Å². The van der Waals surface area contributed by atoms with Gasteiger partial charge in [0.1, 0.15) is 6.10 Å². The number of nitrogens with one attached hydrogen (secondary N) is 1. The third kappa shape index (κ3) is 4.41. The second-order valence-electron chi connectivity index (χ2n) is 7.86. The highest BCUT2D eigenvalue weighted by Gasteiger charge is 2.27. The van der Waals surface area contributed by atoms with E-state index in [2.05, 4.69) is 27.5 Å². The molecule has 2 aliphatic rings. The molecule has 8 heteroatoms. The van der Waals surface area contributed by atoms with E-state index in [-0.39, 0.29) is 23.6 Å². The maximum Gasteiger partial charge on any atom is 0.359 e. The molecule has 0 bridgehead atoms. The number of benzene rings is 1. The Morgan fingerprint density at radius 2 is 1.72 bits per heavy atom. The number of hydrogen-bond acceptors (Lipinski definition) is 5. The molecular formula is C21H26N4O4. The molecule has 154 valence electrons. The normalized spacial score (nSPS) is 22.3. The summed E-state index contributed by atoms with van der Waals surface area (Å²) >= 11 is 0. The molecule has 0 atom stereocenters.